The van der Waals surface area contributed by atoms with E-state index in [0.29, 0.717) is 18.1 Å². The molecule has 5 nitrogen and oxygen atoms in total. The Morgan fingerprint density at radius 1 is 1.22 bits per heavy atom. The number of carbonyl (C=O) groups excluding carboxylic acids is 1. The van der Waals surface area contributed by atoms with Gasteiger partial charge in [0.05, 0.1) is 0 Å². The van der Waals surface area contributed by atoms with Crippen LogP contribution in [0.3, 0.4) is 0 Å². The van der Waals surface area contributed by atoms with E-state index in [9.17, 15) is 4.79 Å². The first-order valence-electron chi connectivity index (χ1n) is 8.80. The van der Waals surface area contributed by atoms with Crippen LogP contribution in [0.2, 0.25) is 0 Å². The highest BCUT2D eigenvalue weighted by molar-refractivity contribution is 5.94. The normalized spacial score (nSPS) is 18.2. The average Bonchev–Trinajstić information content (AvgIpc) is 3.09. The van der Waals surface area contributed by atoms with Gasteiger partial charge in [-0.1, -0.05) is 18.6 Å². The number of rotatable bonds is 5. The van der Waals surface area contributed by atoms with Crippen molar-refractivity contribution in [1.29, 1.82) is 0 Å². The Kier molecular flexibility index (Phi) is 9.03. The highest BCUT2D eigenvalue weighted by atomic mass is 35.5. The lowest BCUT2D eigenvalue weighted by molar-refractivity contribution is -0.120. The molecule has 1 aliphatic carbocycles. The summed E-state index contributed by atoms with van der Waals surface area (Å²) in [5.74, 6) is 1.40. The molecule has 0 radical (unpaired) electrons. The molecule has 3 N–H and O–H groups in total. The molecule has 0 bridgehead atoms. The van der Waals surface area contributed by atoms with E-state index in [1.807, 2.05) is 38.1 Å². The van der Waals surface area contributed by atoms with Crippen molar-refractivity contribution in [3.8, 4) is 11.6 Å². The van der Waals surface area contributed by atoms with Gasteiger partial charge < -0.3 is 15.8 Å². The fourth-order valence-electron chi connectivity index (χ4n) is 3.40. The molecule has 148 valence electrons. The van der Waals surface area contributed by atoms with Crippen LogP contribution < -0.4 is 15.8 Å². The van der Waals surface area contributed by atoms with Gasteiger partial charge in [0, 0.05) is 12.1 Å². The summed E-state index contributed by atoms with van der Waals surface area (Å²) in [5.41, 5.74) is 8.60. The lowest BCUT2D eigenvalue weighted by Crippen LogP contribution is -2.29. The molecular weight excluding hydrogens is 385 g/mol. The first-order valence-corrected chi connectivity index (χ1v) is 8.80. The van der Waals surface area contributed by atoms with Gasteiger partial charge in [0.15, 0.2) is 0 Å². The van der Waals surface area contributed by atoms with Crippen LogP contribution in [-0.4, -0.2) is 17.4 Å². The summed E-state index contributed by atoms with van der Waals surface area (Å²) in [5, 5.41) is 2.99. The minimum Gasteiger partial charge on any atom is -0.437 e. The van der Waals surface area contributed by atoms with Crippen molar-refractivity contribution in [2.45, 2.75) is 33.1 Å². The van der Waals surface area contributed by atoms with Crippen LogP contribution in [0, 0.1) is 25.7 Å². The second kappa shape index (κ2) is 10.5. The predicted molar refractivity (Wildman–Crippen MR) is 113 cm³/mol. The van der Waals surface area contributed by atoms with Gasteiger partial charge in [-0.2, -0.15) is 0 Å². The first-order chi connectivity index (χ1) is 12.1. The monoisotopic (exact) mass is 411 g/mol. The van der Waals surface area contributed by atoms with Crippen LogP contribution in [0.1, 0.15) is 30.4 Å². The molecule has 0 saturated heterocycles. The van der Waals surface area contributed by atoms with Gasteiger partial charge in [0.1, 0.15) is 11.4 Å². The Labute approximate surface area is 172 Å². The van der Waals surface area contributed by atoms with Crippen LogP contribution in [0.25, 0.3) is 0 Å². The minimum atomic E-state index is -0.0289. The number of ether oxygens (including phenoxy) is 1. The van der Waals surface area contributed by atoms with Crippen LogP contribution in [0.15, 0.2) is 36.5 Å². The molecular formula is C20H27Cl2N3O2. The summed E-state index contributed by atoms with van der Waals surface area (Å²) in [6, 6.07) is 9.50. The number of nitrogens with two attached hydrogens (primary N) is 1. The number of amides is 1. The molecule has 1 fully saturated rings. The molecule has 3 rings (SSSR count). The number of hydrogen-bond acceptors (Lipinski definition) is 4. The van der Waals surface area contributed by atoms with E-state index in [4.69, 9.17) is 10.5 Å². The van der Waals surface area contributed by atoms with Crippen molar-refractivity contribution in [3.05, 3.63) is 47.7 Å². The Morgan fingerprint density at radius 2 is 2.00 bits per heavy atom. The van der Waals surface area contributed by atoms with E-state index >= 15 is 0 Å². The topological polar surface area (TPSA) is 77.2 Å². The molecule has 0 spiro atoms. The smallest absolute Gasteiger partial charge is 0.243 e. The van der Waals surface area contributed by atoms with E-state index in [0.717, 1.165) is 36.1 Å². The number of nitrogens with one attached hydrogen (secondary N) is 1. The van der Waals surface area contributed by atoms with E-state index in [-0.39, 0.29) is 42.6 Å². The summed E-state index contributed by atoms with van der Waals surface area (Å²) in [4.78, 5) is 17.0. The minimum absolute atomic E-state index is 0. The third-order valence-corrected chi connectivity index (χ3v) is 5.09. The predicted octanol–water partition coefficient (Wildman–Crippen LogP) is 4.65. The molecule has 1 amide bonds. The lowest BCUT2D eigenvalue weighted by atomic mass is 9.95. The third-order valence-electron chi connectivity index (χ3n) is 5.09. The van der Waals surface area contributed by atoms with E-state index in [1.54, 1.807) is 12.3 Å². The van der Waals surface area contributed by atoms with Gasteiger partial charge >= 0.3 is 0 Å². The van der Waals surface area contributed by atoms with Gasteiger partial charge in [-0.25, -0.2) is 4.98 Å². The highest BCUT2D eigenvalue weighted by Crippen LogP contribution is 2.34. The number of benzene rings is 1. The Hall–Kier alpha value is -1.82. The van der Waals surface area contributed by atoms with Crippen LogP contribution >= 0.6 is 24.8 Å². The lowest BCUT2D eigenvalue weighted by Gasteiger charge is -2.18. The zero-order chi connectivity index (χ0) is 17.8. The molecule has 7 heteroatoms. The highest BCUT2D eigenvalue weighted by Gasteiger charge is 2.32. The van der Waals surface area contributed by atoms with Crippen LogP contribution in [0.5, 0.6) is 11.6 Å². The maximum Gasteiger partial charge on any atom is 0.243 e. The van der Waals surface area contributed by atoms with E-state index in [2.05, 4.69) is 10.3 Å². The zero-order valence-corrected chi connectivity index (χ0v) is 17.2. The van der Waals surface area contributed by atoms with E-state index in [1.165, 1.54) is 0 Å². The van der Waals surface area contributed by atoms with Crippen molar-refractivity contribution >= 4 is 36.4 Å². The number of hydrogen-bond donors (Lipinski definition) is 2. The Morgan fingerprint density at radius 3 is 2.74 bits per heavy atom. The first kappa shape index (κ1) is 23.2. The molecule has 27 heavy (non-hydrogen) atoms. The van der Waals surface area contributed by atoms with E-state index < -0.39 is 0 Å². The second-order valence-corrected chi connectivity index (χ2v) is 6.68. The fourth-order valence-corrected chi connectivity index (χ4v) is 3.40. The maximum atomic E-state index is 12.7. The summed E-state index contributed by atoms with van der Waals surface area (Å²) >= 11 is 0. The third kappa shape index (κ3) is 5.34. The SMILES string of the molecule is Cc1cccc(Oc2ncccc2NC(=O)[C@@H]2CCC[C@@H]2CN)c1C.Cl.Cl. The second-order valence-electron chi connectivity index (χ2n) is 6.68. The molecule has 2 aromatic rings. The largest absolute Gasteiger partial charge is 0.437 e. The van der Waals surface area contributed by atoms with Crippen LogP contribution in [-0.2, 0) is 4.79 Å². The molecule has 1 heterocycles. The molecule has 2 atom stereocenters. The number of nitrogens with zero attached hydrogens (tertiary/aromatic N) is 1. The van der Waals surface area contributed by atoms with Crippen molar-refractivity contribution in [2.75, 3.05) is 11.9 Å². The van der Waals surface area contributed by atoms with Crippen LogP contribution in [0.4, 0.5) is 5.69 Å². The van der Waals surface area contributed by atoms with Crippen molar-refractivity contribution in [2.24, 2.45) is 17.6 Å². The number of pyridine rings is 1. The number of aromatic nitrogens is 1. The molecule has 0 aliphatic heterocycles. The zero-order valence-electron chi connectivity index (χ0n) is 15.6. The molecule has 1 aromatic heterocycles. The standard InChI is InChI=1S/C20H25N3O2.2ClH/c1-13-6-3-10-18(14(13)2)25-20-17(9-5-11-22-20)23-19(24)16-8-4-7-15(16)12-21;;/h3,5-6,9-11,15-16H,4,7-8,12,21H2,1-2H3,(H,23,24);2*1H/t15-,16-;;/m1../s1. The molecule has 0 unspecified atom stereocenters. The van der Waals surface area contributed by atoms with Gasteiger partial charge in [-0.05, 0) is 68.5 Å². The number of halogens is 2. The van der Waals surface area contributed by atoms with Gasteiger partial charge in [-0.3, -0.25) is 4.79 Å². The fraction of sp³-hybridized carbons (Fsp3) is 0.400. The van der Waals surface area contributed by atoms with Gasteiger partial charge in [-0.15, -0.1) is 24.8 Å². The number of anilines is 1. The number of aryl methyl sites for hydroxylation is 1. The average molecular weight is 412 g/mol. The summed E-state index contributed by atoms with van der Waals surface area (Å²) in [7, 11) is 0. The molecule has 1 saturated carbocycles. The molecule has 1 aromatic carbocycles. The van der Waals surface area contributed by atoms with Crippen molar-refractivity contribution in [3.63, 3.8) is 0 Å². The van der Waals surface area contributed by atoms with Crippen molar-refractivity contribution < 1.29 is 9.53 Å². The van der Waals surface area contributed by atoms with Crippen molar-refractivity contribution in [1.82, 2.24) is 4.98 Å². The number of carbonyl (C=O) groups is 1. The Balaban J connectivity index is 0.00000182. The molecule has 1 aliphatic rings. The summed E-state index contributed by atoms with van der Waals surface area (Å²) in [6.07, 6.45) is 4.63. The Bertz CT molecular complexity index is 771. The van der Waals surface area contributed by atoms with Gasteiger partial charge in [0.25, 0.3) is 0 Å². The quantitative estimate of drug-likeness (QED) is 0.750. The summed E-state index contributed by atoms with van der Waals surface area (Å²) in [6.45, 7) is 4.60. The summed E-state index contributed by atoms with van der Waals surface area (Å²) < 4.78 is 5.99. The van der Waals surface area contributed by atoms with Gasteiger partial charge in [0.2, 0.25) is 11.8 Å². The maximum absolute atomic E-state index is 12.7.